The second-order valence-corrected chi connectivity index (χ2v) is 14.5. The predicted molar refractivity (Wildman–Crippen MR) is 221 cm³/mol. The molecule has 254 valence electrons. The number of benzene rings is 6. The quantitative estimate of drug-likeness (QED) is 0.178. The van der Waals surface area contributed by atoms with Crippen LogP contribution in [0.1, 0.15) is 50.2 Å². The van der Waals surface area contributed by atoms with Crippen LogP contribution in [-0.2, 0) is 0 Å². The van der Waals surface area contributed by atoms with E-state index in [2.05, 4.69) is 186 Å². The van der Waals surface area contributed by atoms with Crippen LogP contribution in [0.4, 0.5) is 34.1 Å². The van der Waals surface area contributed by atoms with Gasteiger partial charge in [0.05, 0.1) is 34.1 Å². The van der Waals surface area contributed by atoms with Gasteiger partial charge >= 0.3 is 0 Å². The van der Waals surface area contributed by atoms with Gasteiger partial charge in [-0.1, -0.05) is 109 Å². The van der Waals surface area contributed by atoms with E-state index >= 15 is 0 Å². The third-order valence-corrected chi connectivity index (χ3v) is 11.4. The zero-order valence-electron chi connectivity index (χ0n) is 29.7. The van der Waals surface area contributed by atoms with Crippen molar-refractivity contribution in [1.82, 2.24) is 0 Å². The van der Waals surface area contributed by atoms with Crippen LogP contribution in [0.2, 0.25) is 0 Å². The zero-order valence-corrected chi connectivity index (χ0v) is 29.7. The van der Waals surface area contributed by atoms with Gasteiger partial charge in [-0.25, -0.2) is 0 Å². The van der Waals surface area contributed by atoms with E-state index in [0.29, 0.717) is 0 Å². The van der Waals surface area contributed by atoms with Crippen LogP contribution < -0.4 is 20.4 Å². The predicted octanol–water partition coefficient (Wildman–Crippen LogP) is 12.6. The summed E-state index contributed by atoms with van der Waals surface area (Å²) in [5, 5.41) is 12.7. The molecule has 0 aromatic heterocycles. The first kappa shape index (κ1) is 30.8. The molecule has 6 aromatic carbocycles. The number of para-hydroxylation sites is 4. The van der Waals surface area contributed by atoms with Gasteiger partial charge in [0.2, 0.25) is 0 Å². The Bertz CT molecular complexity index is 2390. The molecule has 0 spiro atoms. The third-order valence-electron chi connectivity index (χ3n) is 11.4. The fourth-order valence-electron chi connectivity index (χ4n) is 9.16. The Morgan fingerprint density at radius 2 is 1.12 bits per heavy atom. The molecule has 0 saturated carbocycles. The maximum Gasteiger partial charge on any atom is 0.101 e. The van der Waals surface area contributed by atoms with Crippen LogP contribution in [0.3, 0.4) is 0 Å². The number of fused-ring (bicyclic) bond motifs is 4. The second kappa shape index (κ2) is 12.3. The molecule has 2 aliphatic heterocycles. The van der Waals surface area contributed by atoms with Crippen molar-refractivity contribution in [3.05, 3.63) is 174 Å². The minimum Gasteiger partial charge on any atom is -0.363 e. The number of hydrogen-bond acceptors (Lipinski definition) is 4. The normalized spacial score (nSPS) is 20.6. The first-order chi connectivity index (χ1) is 25.6. The van der Waals surface area contributed by atoms with E-state index in [1.807, 2.05) is 0 Å². The molecule has 10 rings (SSSR count). The highest BCUT2D eigenvalue weighted by Gasteiger charge is 2.33. The van der Waals surface area contributed by atoms with Gasteiger partial charge in [0, 0.05) is 16.7 Å². The molecule has 3 atom stereocenters. The molecular formula is C48H42N4. The van der Waals surface area contributed by atoms with Gasteiger partial charge in [-0.05, 0) is 114 Å². The van der Waals surface area contributed by atoms with Crippen molar-refractivity contribution in [2.45, 2.75) is 51.4 Å². The topological polar surface area (TPSA) is 30.5 Å². The number of anilines is 6. The lowest BCUT2D eigenvalue weighted by Gasteiger charge is -2.32. The van der Waals surface area contributed by atoms with E-state index in [9.17, 15) is 0 Å². The van der Waals surface area contributed by atoms with Crippen molar-refractivity contribution in [2.24, 2.45) is 0 Å². The summed E-state index contributed by atoms with van der Waals surface area (Å²) < 4.78 is 0. The van der Waals surface area contributed by atoms with Gasteiger partial charge in [-0.15, -0.1) is 0 Å². The molecular weight excluding hydrogens is 633 g/mol. The van der Waals surface area contributed by atoms with E-state index in [0.717, 1.165) is 19.3 Å². The first-order valence-corrected chi connectivity index (χ1v) is 18.8. The Balaban J connectivity index is 1.26. The second-order valence-electron chi connectivity index (χ2n) is 14.5. The van der Waals surface area contributed by atoms with E-state index in [4.69, 9.17) is 0 Å². The molecule has 52 heavy (non-hydrogen) atoms. The Morgan fingerprint density at radius 3 is 1.71 bits per heavy atom. The van der Waals surface area contributed by atoms with Crippen molar-refractivity contribution >= 4 is 61.2 Å². The number of rotatable bonds is 5. The van der Waals surface area contributed by atoms with Gasteiger partial charge in [-0.3, -0.25) is 0 Å². The molecule has 2 N–H and O–H groups in total. The number of allylic oxidation sites excluding steroid dienone is 8. The Morgan fingerprint density at radius 1 is 0.538 bits per heavy atom. The standard InChI is InChI=1S/C48H42N4/c1-31-49-42-21-9-11-23-46(42)51(31)44-25-13-19-36-40(44)30-41-37(20-14-26-45(41)52-32(2)50-43-22-10-12-24-47(43)52)48(36)38-28-27-35(33-15-5-3-6-16-33)29-39(38)34-17-7-4-8-18-34/h3,5-7,9-27,29-32,38,49-50H,4,8,28H2,1-2H3. The summed E-state index contributed by atoms with van der Waals surface area (Å²) in [4.78, 5) is 4.98. The number of nitrogens with one attached hydrogen (secondary N) is 2. The van der Waals surface area contributed by atoms with Crippen molar-refractivity contribution in [2.75, 3.05) is 20.4 Å². The Labute approximate surface area is 306 Å². The minimum atomic E-state index is 0.117. The summed E-state index contributed by atoms with van der Waals surface area (Å²) in [7, 11) is 0. The summed E-state index contributed by atoms with van der Waals surface area (Å²) in [6.45, 7) is 4.53. The van der Waals surface area contributed by atoms with E-state index < -0.39 is 0 Å². The van der Waals surface area contributed by atoms with Crippen molar-refractivity contribution in [3.63, 3.8) is 0 Å². The lowest BCUT2D eigenvalue weighted by molar-refractivity contribution is 0.820. The van der Waals surface area contributed by atoms with Crippen LogP contribution in [0.15, 0.2) is 163 Å². The van der Waals surface area contributed by atoms with E-state index in [1.165, 1.54) is 83.5 Å². The third kappa shape index (κ3) is 4.89. The van der Waals surface area contributed by atoms with Crippen molar-refractivity contribution in [3.8, 4) is 0 Å². The summed E-state index contributed by atoms with van der Waals surface area (Å²) in [5.41, 5.74) is 14.0. The summed E-state index contributed by atoms with van der Waals surface area (Å²) in [6, 6.07) is 44.7. The molecule has 3 unspecified atom stereocenters. The molecule has 0 bridgehead atoms. The van der Waals surface area contributed by atoms with E-state index in [-0.39, 0.29) is 18.2 Å². The average molecular weight is 675 g/mol. The van der Waals surface area contributed by atoms with Crippen LogP contribution in [0, 0.1) is 0 Å². The summed E-state index contributed by atoms with van der Waals surface area (Å²) in [5.74, 6) is 0.181. The molecule has 0 fully saturated rings. The van der Waals surface area contributed by atoms with Gasteiger partial charge in [0.25, 0.3) is 0 Å². The summed E-state index contributed by atoms with van der Waals surface area (Å²) >= 11 is 0. The minimum absolute atomic E-state index is 0.117. The first-order valence-electron chi connectivity index (χ1n) is 18.8. The Kier molecular flexibility index (Phi) is 7.31. The lowest BCUT2D eigenvalue weighted by atomic mass is 9.75. The summed E-state index contributed by atoms with van der Waals surface area (Å²) in [6.07, 6.45) is 15.5. The van der Waals surface area contributed by atoms with Gasteiger partial charge in [0.15, 0.2) is 0 Å². The smallest absolute Gasteiger partial charge is 0.101 e. The largest absolute Gasteiger partial charge is 0.363 e. The van der Waals surface area contributed by atoms with Crippen LogP contribution in [0.5, 0.6) is 0 Å². The van der Waals surface area contributed by atoms with Crippen molar-refractivity contribution in [1.29, 1.82) is 0 Å². The number of hydrogen-bond donors (Lipinski definition) is 2. The van der Waals surface area contributed by atoms with Crippen LogP contribution in [-0.4, -0.2) is 12.3 Å². The molecule has 6 aromatic rings. The monoisotopic (exact) mass is 674 g/mol. The molecule has 0 saturated heterocycles. The highest BCUT2D eigenvalue weighted by Crippen LogP contribution is 2.51. The molecule has 4 nitrogen and oxygen atoms in total. The highest BCUT2D eigenvalue weighted by atomic mass is 15.3. The fourth-order valence-corrected chi connectivity index (χ4v) is 9.16. The molecule has 2 aliphatic carbocycles. The van der Waals surface area contributed by atoms with Gasteiger partial charge in [0.1, 0.15) is 12.3 Å². The molecule has 4 heteroatoms. The molecule has 0 amide bonds. The molecule has 2 heterocycles. The Hall–Kier alpha value is -6.00. The molecule has 4 aliphatic rings. The van der Waals surface area contributed by atoms with Gasteiger partial charge < -0.3 is 20.4 Å². The fraction of sp³-hybridized carbons (Fsp3) is 0.167. The number of nitrogens with zero attached hydrogens (tertiary/aromatic N) is 2. The van der Waals surface area contributed by atoms with Crippen molar-refractivity contribution < 1.29 is 0 Å². The zero-order chi connectivity index (χ0) is 34.8. The van der Waals surface area contributed by atoms with Crippen LogP contribution >= 0.6 is 0 Å². The average Bonchev–Trinajstić information content (AvgIpc) is 3.71. The van der Waals surface area contributed by atoms with Gasteiger partial charge in [-0.2, -0.15) is 0 Å². The lowest BCUT2D eigenvalue weighted by Crippen LogP contribution is -2.29. The molecule has 0 radical (unpaired) electrons. The SMILES string of the molecule is CC1Nc2ccccc2N1c1cccc2c(C3CC=C(c4ccccc4)C=C3C3=CCCC=C3)c3cccc(N4c5ccccc5NC4C)c3cc12. The maximum absolute atomic E-state index is 3.75. The highest BCUT2D eigenvalue weighted by molar-refractivity contribution is 6.13. The maximum atomic E-state index is 3.75. The van der Waals surface area contributed by atoms with E-state index in [1.54, 1.807) is 0 Å². The van der Waals surface area contributed by atoms with Crippen LogP contribution in [0.25, 0.3) is 27.1 Å².